The Labute approximate surface area is 119 Å². The van der Waals surface area contributed by atoms with Gasteiger partial charge in [0.25, 0.3) is 0 Å². The normalized spacial score (nSPS) is 9.85. The first kappa shape index (κ1) is 13.8. The number of nitrogen functional groups attached to an aromatic ring is 1. The van der Waals surface area contributed by atoms with E-state index in [0.717, 1.165) is 11.4 Å². The minimum atomic E-state index is 0.571. The predicted molar refractivity (Wildman–Crippen MR) is 81.2 cm³/mol. The second-order valence-corrected chi connectivity index (χ2v) is 4.38. The highest BCUT2D eigenvalue weighted by molar-refractivity contribution is 5.69. The van der Waals surface area contributed by atoms with Crippen LogP contribution in [0, 0.1) is 11.3 Å². The van der Waals surface area contributed by atoms with E-state index in [9.17, 15) is 0 Å². The maximum atomic E-state index is 8.96. The molecule has 0 spiro atoms. The van der Waals surface area contributed by atoms with Gasteiger partial charge in [-0.3, -0.25) is 0 Å². The van der Waals surface area contributed by atoms with E-state index in [1.807, 2.05) is 55.3 Å². The Morgan fingerprint density at radius 3 is 2.65 bits per heavy atom. The van der Waals surface area contributed by atoms with Crippen molar-refractivity contribution in [1.29, 1.82) is 5.26 Å². The second kappa shape index (κ2) is 5.98. The lowest BCUT2D eigenvalue weighted by atomic mass is 10.2. The molecular formula is C16H17N3O. The van der Waals surface area contributed by atoms with E-state index in [1.165, 1.54) is 0 Å². The van der Waals surface area contributed by atoms with Crippen LogP contribution in [-0.2, 0) is 0 Å². The molecule has 2 rings (SSSR count). The molecule has 0 heterocycles. The number of ether oxygens (including phenoxy) is 1. The minimum absolute atomic E-state index is 0.571. The Morgan fingerprint density at radius 2 is 1.95 bits per heavy atom. The van der Waals surface area contributed by atoms with E-state index < -0.39 is 0 Å². The minimum Gasteiger partial charge on any atom is -0.492 e. The third kappa shape index (κ3) is 2.83. The smallest absolute Gasteiger partial charge is 0.144 e. The summed E-state index contributed by atoms with van der Waals surface area (Å²) in [7, 11) is 1.94. The van der Waals surface area contributed by atoms with Crippen molar-refractivity contribution in [3.05, 3.63) is 48.0 Å². The Bertz CT molecular complexity index is 646. The van der Waals surface area contributed by atoms with Gasteiger partial charge in [-0.25, -0.2) is 0 Å². The van der Waals surface area contributed by atoms with Gasteiger partial charge in [0.1, 0.15) is 5.75 Å². The molecular weight excluding hydrogens is 250 g/mol. The quantitative estimate of drug-likeness (QED) is 0.863. The molecule has 0 amide bonds. The maximum Gasteiger partial charge on any atom is 0.144 e. The van der Waals surface area contributed by atoms with E-state index in [2.05, 4.69) is 6.07 Å². The summed E-state index contributed by atoms with van der Waals surface area (Å²) in [6.45, 7) is 2.49. The van der Waals surface area contributed by atoms with Crippen molar-refractivity contribution < 1.29 is 4.74 Å². The fourth-order valence-corrected chi connectivity index (χ4v) is 1.95. The number of nitrogens with two attached hydrogens (primary N) is 1. The van der Waals surface area contributed by atoms with Gasteiger partial charge in [-0.05, 0) is 37.3 Å². The van der Waals surface area contributed by atoms with Crippen LogP contribution in [-0.4, -0.2) is 13.7 Å². The summed E-state index contributed by atoms with van der Waals surface area (Å²) in [4.78, 5) is 1.99. The lowest BCUT2D eigenvalue weighted by Crippen LogP contribution is -2.10. The van der Waals surface area contributed by atoms with Crippen LogP contribution in [0.5, 0.6) is 5.75 Å². The van der Waals surface area contributed by atoms with Crippen molar-refractivity contribution in [2.24, 2.45) is 0 Å². The van der Waals surface area contributed by atoms with E-state index in [-0.39, 0.29) is 0 Å². The highest BCUT2D eigenvalue weighted by Crippen LogP contribution is 2.31. The largest absolute Gasteiger partial charge is 0.492 e. The zero-order valence-electron chi connectivity index (χ0n) is 11.6. The Kier molecular flexibility index (Phi) is 4.11. The van der Waals surface area contributed by atoms with E-state index in [0.29, 0.717) is 23.6 Å². The molecule has 0 bridgehead atoms. The molecule has 102 valence electrons. The fraction of sp³-hybridized carbons (Fsp3) is 0.188. The molecule has 0 atom stereocenters. The van der Waals surface area contributed by atoms with Crippen molar-refractivity contribution in [3.63, 3.8) is 0 Å². The number of nitriles is 1. The summed E-state index contributed by atoms with van der Waals surface area (Å²) in [5.41, 5.74) is 9.02. The lowest BCUT2D eigenvalue weighted by Gasteiger charge is -2.21. The molecule has 2 N–H and O–H groups in total. The molecule has 2 aromatic carbocycles. The number of rotatable bonds is 4. The van der Waals surface area contributed by atoms with Crippen molar-refractivity contribution in [3.8, 4) is 11.8 Å². The summed E-state index contributed by atoms with van der Waals surface area (Å²) in [6, 6.07) is 15.2. The van der Waals surface area contributed by atoms with Gasteiger partial charge in [-0.2, -0.15) is 5.26 Å². The Hall–Kier alpha value is -2.67. The lowest BCUT2D eigenvalue weighted by molar-refractivity contribution is 0.342. The van der Waals surface area contributed by atoms with Crippen LogP contribution in [0.4, 0.5) is 17.1 Å². The predicted octanol–water partition coefficient (Wildman–Crippen LogP) is 3.31. The first-order valence-electron chi connectivity index (χ1n) is 6.42. The summed E-state index contributed by atoms with van der Waals surface area (Å²) in [5.74, 6) is 0.674. The first-order chi connectivity index (χ1) is 9.65. The highest BCUT2D eigenvalue weighted by Gasteiger charge is 2.08. The van der Waals surface area contributed by atoms with Gasteiger partial charge < -0.3 is 15.4 Å². The molecule has 0 saturated heterocycles. The molecule has 4 nitrogen and oxygen atoms in total. The molecule has 0 aliphatic carbocycles. The third-order valence-corrected chi connectivity index (χ3v) is 3.05. The number of hydrogen-bond acceptors (Lipinski definition) is 4. The van der Waals surface area contributed by atoms with E-state index in [1.54, 1.807) is 6.07 Å². The number of nitrogens with zero attached hydrogens (tertiary/aromatic N) is 2. The Balaban J connectivity index is 2.35. The van der Waals surface area contributed by atoms with Crippen LogP contribution < -0.4 is 15.4 Å². The Morgan fingerprint density at radius 1 is 1.20 bits per heavy atom. The summed E-state index contributed by atoms with van der Waals surface area (Å²) in [5, 5.41) is 8.96. The standard InChI is InChI=1S/C16H17N3O/c1-3-20-16-10-14(7-8-15(16)18)19(2)13-6-4-5-12(9-13)11-17/h4-10H,3,18H2,1-2H3. The molecule has 0 unspecified atom stereocenters. The number of benzene rings is 2. The third-order valence-electron chi connectivity index (χ3n) is 3.05. The van der Waals surface area contributed by atoms with Gasteiger partial charge in [-0.1, -0.05) is 6.07 Å². The van der Waals surface area contributed by atoms with E-state index in [4.69, 9.17) is 15.7 Å². The molecule has 2 aromatic rings. The highest BCUT2D eigenvalue weighted by atomic mass is 16.5. The molecule has 0 aromatic heterocycles. The van der Waals surface area contributed by atoms with Crippen molar-refractivity contribution >= 4 is 17.1 Å². The first-order valence-corrected chi connectivity index (χ1v) is 6.42. The van der Waals surface area contributed by atoms with E-state index >= 15 is 0 Å². The van der Waals surface area contributed by atoms with Gasteiger partial charge in [0.05, 0.1) is 23.9 Å². The van der Waals surface area contributed by atoms with Gasteiger partial charge in [0.2, 0.25) is 0 Å². The molecule has 0 radical (unpaired) electrons. The molecule has 0 saturated carbocycles. The molecule has 0 fully saturated rings. The van der Waals surface area contributed by atoms with Crippen molar-refractivity contribution in [2.45, 2.75) is 6.92 Å². The van der Waals surface area contributed by atoms with Gasteiger partial charge in [-0.15, -0.1) is 0 Å². The topological polar surface area (TPSA) is 62.3 Å². The van der Waals surface area contributed by atoms with Crippen LogP contribution in [0.1, 0.15) is 12.5 Å². The molecule has 0 aliphatic rings. The SMILES string of the molecule is CCOc1cc(N(C)c2cccc(C#N)c2)ccc1N. The summed E-state index contributed by atoms with van der Waals surface area (Å²) < 4.78 is 5.50. The van der Waals surface area contributed by atoms with Crippen LogP contribution in [0.15, 0.2) is 42.5 Å². The zero-order valence-corrected chi connectivity index (χ0v) is 11.6. The molecule has 20 heavy (non-hydrogen) atoms. The van der Waals surface area contributed by atoms with Crippen LogP contribution >= 0.6 is 0 Å². The second-order valence-electron chi connectivity index (χ2n) is 4.38. The fourth-order valence-electron chi connectivity index (χ4n) is 1.95. The van der Waals surface area contributed by atoms with Crippen molar-refractivity contribution in [1.82, 2.24) is 0 Å². The van der Waals surface area contributed by atoms with Crippen LogP contribution in [0.2, 0.25) is 0 Å². The van der Waals surface area contributed by atoms with Crippen LogP contribution in [0.25, 0.3) is 0 Å². The van der Waals surface area contributed by atoms with Crippen molar-refractivity contribution in [2.75, 3.05) is 24.3 Å². The number of hydrogen-bond donors (Lipinski definition) is 1. The van der Waals surface area contributed by atoms with Gasteiger partial charge in [0, 0.05) is 24.5 Å². The van der Waals surface area contributed by atoms with Crippen LogP contribution in [0.3, 0.4) is 0 Å². The van der Waals surface area contributed by atoms with Gasteiger partial charge in [0.15, 0.2) is 0 Å². The molecule has 4 heteroatoms. The monoisotopic (exact) mass is 267 g/mol. The summed E-state index contributed by atoms with van der Waals surface area (Å²) >= 11 is 0. The average Bonchev–Trinajstić information content (AvgIpc) is 2.49. The average molecular weight is 267 g/mol. The summed E-state index contributed by atoms with van der Waals surface area (Å²) in [6.07, 6.45) is 0. The number of anilines is 3. The molecule has 0 aliphatic heterocycles. The van der Waals surface area contributed by atoms with Gasteiger partial charge >= 0.3 is 0 Å². The zero-order chi connectivity index (χ0) is 14.5. The maximum absolute atomic E-state index is 8.96.